The van der Waals surface area contributed by atoms with Crippen molar-refractivity contribution in [1.29, 1.82) is 0 Å². The molecule has 0 aromatic carbocycles. The van der Waals surface area contributed by atoms with E-state index in [4.69, 9.17) is 0 Å². The van der Waals surface area contributed by atoms with Crippen LogP contribution >= 0.6 is 11.8 Å². The molecule has 24 heavy (non-hydrogen) atoms. The van der Waals surface area contributed by atoms with E-state index in [1.54, 1.807) is 6.20 Å². The van der Waals surface area contributed by atoms with Crippen LogP contribution in [-0.2, 0) is 9.59 Å². The van der Waals surface area contributed by atoms with Gasteiger partial charge < -0.3 is 9.80 Å². The van der Waals surface area contributed by atoms with Crippen molar-refractivity contribution in [3.8, 4) is 0 Å². The maximum Gasteiger partial charge on any atom is 0.241 e. The summed E-state index contributed by atoms with van der Waals surface area (Å²) >= 11 is 1.44. The van der Waals surface area contributed by atoms with Gasteiger partial charge in [-0.2, -0.15) is 0 Å². The lowest BCUT2D eigenvalue weighted by Gasteiger charge is -2.34. The molecule has 0 saturated carbocycles. The fourth-order valence-corrected chi connectivity index (χ4v) is 4.41. The van der Waals surface area contributed by atoms with E-state index < -0.39 is 0 Å². The zero-order valence-corrected chi connectivity index (χ0v) is 15.1. The van der Waals surface area contributed by atoms with Crippen molar-refractivity contribution in [2.45, 2.75) is 55.7 Å². The van der Waals surface area contributed by atoms with Gasteiger partial charge in [0.05, 0.1) is 10.9 Å². The molecule has 0 radical (unpaired) electrons. The number of likely N-dealkylation sites (tertiary alicyclic amines) is 1. The number of anilines is 1. The summed E-state index contributed by atoms with van der Waals surface area (Å²) in [6, 6.07) is 3.82. The maximum absolute atomic E-state index is 12.9. The van der Waals surface area contributed by atoms with Crippen LogP contribution in [0.15, 0.2) is 23.4 Å². The molecule has 2 amide bonds. The number of fused-ring (bicyclic) bond motifs is 1. The summed E-state index contributed by atoms with van der Waals surface area (Å²) in [5, 5.41) is 0.517. The highest BCUT2D eigenvalue weighted by atomic mass is 32.2. The highest BCUT2D eigenvalue weighted by Crippen LogP contribution is 2.39. The first-order valence-electron chi connectivity index (χ1n) is 8.91. The van der Waals surface area contributed by atoms with Crippen LogP contribution < -0.4 is 4.90 Å². The average molecular weight is 347 g/mol. The minimum Gasteiger partial charge on any atom is -0.343 e. The molecular weight excluding hydrogens is 322 g/mol. The molecule has 1 unspecified atom stereocenters. The molecule has 1 saturated heterocycles. The molecular formula is C18H25N3O2S. The molecule has 2 aliphatic heterocycles. The molecule has 5 nitrogen and oxygen atoms in total. The van der Waals surface area contributed by atoms with Gasteiger partial charge in [-0.1, -0.05) is 25.1 Å². The van der Waals surface area contributed by atoms with Gasteiger partial charge in [-0.3, -0.25) is 9.59 Å². The van der Waals surface area contributed by atoms with Crippen molar-refractivity contribution in [1.82, 2.24) is 9.88 Å². The summed E-state index contributed by atoms with van der Waals surface area (Å²) < 4.78 is 0. The monoisotopic (exact) mass is 347 g/mol. The number of hydrogen-bond donors (Lipinski definition) is 0. The zero-order chi connectivity index (χ0) is 16.9. The molecule has 130 valence electrons. The molecule has 2 aliphatic rings. The minimum atomic E-state index is -0.348. The number of thioether (sulfide) groups is 1. The van der Waals surface area contributed by atoms with Crippen molar-refractivity contribution in [2.75, 3.05) is 24.5 Å². The second kappa shape index (κ2) is 8.01. The van der Waals surface area contributed by atoms with Crippen LogP contribution in [0.4, 0.5) is 5.69 Å². The first kappa shape index (κ1) is 17.3. The lowest BCUT2D eigenvalue weighted by Crippen LogP contribution is -2.45. The number of carbonyl (C=O) groups excluding carboxylic acids is 2. The number of carbonyl (C=O) groups is 2. The van der Waals surface area contributed by atoms with E-state index in [0.717, 1.165) is 49.5 Å². The van der Waals surface area contributed by atoms with Crippen LogP contribution in [0.25, 0.3) is 0 Å². The molecule has 0 N–H and O–H groups in total. The van der Waals surface area contributed by atoms with Crippen molar-refractivity contribution < 1.29 is 9.59 Å². The second-order valence-corrected chi connectivity index (χ2v) is 7.61. The Labute approximate surface area is 147 Å². The number of piperidine rings is 1. The van der Waals surface area contributed by atoms with Crippen molar-refractivity contribution in [2.24, 2.45) is 0 Å². The highest BCUT2D eigenvalue weighted by Gasteiger charge is 2.36. The number of pyridine rings is 1. The van der Waals surface area contributed by atoms with Crippen LogP contribution in [0.1, 0.15) is 45.4 Å². The van der Waals surface area contributed by atoms with Gasteiger partial charge in [0, 0.05) is 32.3 Å². The van der Waals surface area contributed by atoms with Crippen molar-refractivity contribution in [3.05, 3.63) is 18.3 Å². The van der Waals surface area contributed by atoms with Gasteiger partial charge >= 0.3 is 0 Å². The van der Waals surface area contributed by atoms with Crippen LogP contribution in [-0.4, -0.2) is 46.6 Å². The number of amides is 2. The van der Waals surface area contributed by atoms with Gasteiger partial charge in [-0.05, 0) is 37.8 Å². The minimum absolute atomic E-state index is 0.0549. The fraction of sp³-hybridized carbons (Fsp3) is 0.611. The van der Waals surface area contributed by atoms with Crippen molar-refractivity contribution in [3.63, 3.8) is 0 Å². The Kier molecular flexibility index (Phi) is 5.76. The smallest absolute Gasteiger partial charge is 0.241 e. The van der Waals surface area contributed by atoms with E-state index in [1.165, 1.54) is 18.2 Å². The Morgan fingerprint density at radius 3 is 2.88 bits per heavy atom. The molecule has 0 spiro atoms. The summed E-state index contributed by atoms with van der Waals surface area (Å²) in [4.78, 5) is 33.7. The summed E-state index contributed by atoms with van der Waals surface area (Å²) in [6.45, 7) is 4.48. The molecule has 1 fully saturated rings. The predicted molar refractivity (Wildman–Crippen MR) is 96.2 cm³/mol. The summed E-state index contributed by atoms with van der Waals surface area (Å²) in [5.74, 6) is 0.162. The zero-order valence-electron chi connectivity index (χ0n) is 14.2. The highest BCUT2D eigenvalue weighted by molar-refractivity contribution is 8.00. The summed E-state index contributed by atoms with van der Waals surface area (Å²) in [6.07, 6.45) is 7.37. The van der Waals surface area contributed by atoms with E-state index in [9.17, 15) is 9.59 Å². The van der Waals surface area contributed by atoms with E-state index in [0.29, 0.717) is 6.54 Å². The Morgan fingerprint density at radius 1 is 1.33 bits per heavy atom. The third kappa shape index (κ3) is 3.74. The first-order chi connectivity index (χ1) is 11.7. The van der Waals surface area contributed by atoms with Gasteiger partial charge in [0.2, 0.25) is 11.8 Å². The van der Waals surface area contributed by atoms with Crippen molar-refractivity contribution >= 4 is 29.3 Å². The van der Waals surface area contributed by atoms with Crippen LogP contribution in [0.5, 0.6) is 0 Å². The summed E-state index contributed by atoms with van der Waals surface area (Å²) in [5.41, 5.74) is 0.891. The number of rotatable bonds is 5. The molecule has 0 aliphatic carbocycles. The third-order valence-corrected chi connectivity index (χ3v) is 5.83. The van der Waals surface area contributed by atoms with Gasteiger partial charge in [0.1, 0.15) is 5.03 Å². The Bertz CT molecular complexity index is 602. The van der Waals surface area contributed by atoms with Gasteiger partial charge in [-0.15, -0.1) is 0 Å². The molecule has 1 atom stereocenters. The van der Waals surface area contributed by atoms with E-state index in [-0.39, 0.29) is 23.5 Å². The lowest BCUT2D eigenvalue weighted by atomic mass is 10.1. The number of unbranched alkanes of at least 4 members (excludes halogenated alkanes) is 1. The second-order valence-electron chi connectivity index (χ2n) is 6.42. The average Bonchev–Trinajstić information content (AvgIpc) is 2.62. The first-order valence-corrected chi connectivity index (χ1v) is 9.79. The third-order valence-electron chi connectivity index (χ3n) is 4.64. The van der Waals surface area contributed by atoms with Crippen LogP contribution in [0.3, 0.4) is 0 Å². The Morgan fingerprint density at radius 2 is 2.12 bits per heavy atom. The van der Waals surface area contributed by atoms with Crippen LogP contribution in [0.2, 0.25) is 0 Å². The molecule has 1 aromatic rings. The Balaban J connectivity index is 1.74. The SMILES string of the molecule is CCCCN1C(=O)C(CC(=O)N2CCCCC2)Sc2ncccc21. The lowest BCUT2D eigenvalue weighted by molar-refractivity contribution is -0.133. The molecule has 0 bridgehead atoms. The molecule has 3 rings (SSSR count). The van der Waals surface area contributed by atoms with E-state index >= 15 is 0 Å². The standard InChI is InChI=1S/C18H25N3O2S/c1-2-3-12-21-14-8-7-9-19-17(14)24-15(18(21)23)13-16(22)20-10-5-4-6-11-20/h7-9,15H,2-6,10-13H2,1H3. The molecule has 6 heteroatoms. The number of aromatic nitrogens is 1. The van der Waals surface area contributed by atoms with Gasteiger partial charge in [0.25, 0.3) is 0 Å². The van der Waals surface area contributed by atoms with Gasteiger partial charge in [-0.25, -0.2) is 4.98 Å². The fourth-order valence-electron chi connectivity index (χ4n) is 3.26. The molecule has 3 heterocycles. The van der Waals surface area contributed by atoms with E-state index in [1.807, 2.05) is 21.9 Å². The largest absolute Gasteiger partial charge is 0.343 e. The quantitative estimate of drug-likeness (QED) is 0.821. The maximum atomic E-state index is 12.9. The van der Waals surface area contributed by atoms with E-state index in [2.05, 4.69) is 11.9 Å². The predicted octanol–water partition coefficient (Wildman–Crippen LogP) is 3.09. The normalized spacial score (nSPS) is 20.9. The molecule has 1 aromatic heterocycles. The number of nitrogens with zero attached hydrogens (tertiary/aromatic N) is 3. The van der Waals surface area contributed by atoms with Gasteiger partial charge in [0.15, 0.2) is 0 Å². The summed E-state index contributed by atoms with van der Waals surface area (Å²) in [7, 11) is 0. The Hall–Kier alpha value is -1.56. The topological polar surface area (TPSA) is 53.5 Å². The number of hydrogen-bond acceptors (Lipinski definition) is 4. The van der Waals surface area contributed by atoms with Crippen LogP contribution in [0, 0.1) is 0 Å².